The monoisotopic (exact) mass is 464 g/mol. The topological polar surface area (TPSA) is 93.6 Å². The van der Waals surface area contributed by atoms with Gasteiger partial charge in [0.2, 0.25) is 0 Å². The fraction of sp³-hybridized carbons (Fsp3) is 0.500. The number of carbonyl (C=O) groups is 2. The van der Waals surface area contributed by atoms with Gasteiger partial charge < -0.3 is 4.74 Å². The van der Waals surface area contributed by atoms with Gasteiger partial charge >= 0.3 is 5.97 Å². The Labute approximate surface area is 187 Å². The van der Waals surface area contributed by atoms with E-state index in [1.165, 1.54) is 30.4 Å². The Hall–Kier alpha value is -2.26. The van der Waals surface area contributed by atoms with Gasteiger partial charge in [-0.3, -0.25) is 14.5 Å². The molecule has 1 aliphatic carbocycles. The van der Waals surface area contributed by atoms with Crippen LogP contribution in [0.15, 0.2) is 40.7 Å². The molecule has 31 heavy (non-hydrogen) atoms. The average Bonchev–Trinajstić information content (AvgIpc) is 3.28. The first-order valence-electron chi connectivity index (χ1n) is 10.5. The van der Waals surface area contributed by atoms with Crippen LogP contribution in [0.5, 0.6) is 0 Å². The number of hydrogen-bond acceptors (Lipinski definition) is 7. The number of rotatable bonds is 8. The second kappa shape index (κ2) is 10.4. The molecular formula is C22H28N2O5S2. The fourth-order valence-corrected chi connectivity index (χ4v) is 5.63. The number of ether oxygens (including phenoxy) is 1. The third kappa shape index (κ3) is 6.13. The Balaban J connectivity index is 1.61. The molecule has 3 rings (SSSR count). The number of nitrogens with zero attached hydrogens (tertiary/aromatic N) is 2. The van der Waals surface area contributed by atoms with E-state index in [0.29, 0.717) is 5.13 Å². The highest BCUT2D eigenvalue weighted by molar-refractivity contribution is 7.91. The summed E-state index contributed by atoms with van der Waals surface area (Å²) < 4.78 is 30.2. The summed E-state index contributed by atoms with van der Waals surface area (Å²) in [7, 11) is -3.60. The van der Waals surface area contributed by atoms with Crippen LogP contribution >= 0.6 is 11.3 Å². The lowest BCUT2D eigenvalue weighted by Gasteiger charge is -2.33. The van der Waals surface area contributed by atoms with E-state index in [4.69, 9.17) is 4.74 Å². The van der Waals surface area contributed by atoms with Crippen molar-refractivity contribution >= 4 is 38.2 Å². The summed E-state index contributed by atoms with van der Waals surface area (Å²) in [6.07, 6.45) is 5.35. The summed E-state index contributed by atoms with van der Waals surface area (Å²) in [5.41, 5.74) is 0.952. The Morgan fingerprint density at radius 1 is 1.19 bits per heavy atom. The maximum Gasteiger partial charge on any atom is 0.307 e. The van der Waals surface area contributed by atoms with Gasteiger partial charge in [0.25, 0.3) is 5.91 Å². The van der Waals surface area contributed by atoms with Gasteiger partial charge in [0.05, 0.1) is 17.1 Å². The van der Waals surface area contributed by atoms with E-state index in [1.807, 2.05) is 12.3 Å². The largest absolute Gasteiger partial charge is 0.452 e. The number of carbonyl (C=O) groups excluding carboxylic acids is 2. The minimum absolute atomic E-state index is 0.0375. The molecule has 7 nitrogen and oxygen atoms in total. The van der Waals surface area contributed by atoms with Crippen LogP contribution < -0.4 is 4.90 Å². The number of anilines is 1. The van der Waals surface area contributed by atoms with Crippen molar-refractivity contribution in [3.05, 3.63) is 41.4 Å². The molecule has 1 saturated carbocycles. The summed E-state index contributed by atoms with van der Waals surface area (Å²) in [4.78, 5) is 31.5. The minimum Gasteiger partial charge on any atom is -0.452 e. The van der Waals surface area contributed by atoms with Crippen LogP contribution in [-0.2, 0) is 24.2 Å². The first kappa shape index (κ1) is 23.4. The van der Waals surface area contributed by atoms with Gasteiger partial charge in [-0.05, 0) is 38.8 Å². The standard InChI is InChI=1S/C22H28N2O5S2/c1-16-8-10-19(11-9-16)31(27,28)15-12-20(25)29-17(2)21(26)24(22-23-13-14-30-22)18-6-4-3-5-7-18/h8-11,13-14,17-18H,3-7,12,15H2,1-2H3. The van der Waals surface area contributed by atoms with E-state index < -0.39 is 21.9 Å². The molecule has 0 N–H and O–H groups in total. The number of sulfone groups is 1. The van der Waals surface area contributed by atoms with Gasteiger partial charge in [-0.1, -0.05) is 37.0 Å². The van der Waals surface area contributed by atoms with Crippen molar-refractivity contribution in [3.8, 4) is 0 Å². The molecular weight excluding hydrogens is 436 g/mol. The molecule has 168 valence electrons. The second-order valence-corrected chi connectivity index (χ2v) is 10.8. The number of benzene rings is 1. The van der Waals surface area contributed by atoms with Gasteiger partial charge in [-0.25, -0.2) is 13.4 Å². The summed E-state index contributed by atoms with van der Waals surface area (Å²) >= 11 is 1.38. The summed E-state index contributed by atoms with van der Waals surface area (Å²) in [6, 6.07) is 6.51. The summed E-state index contributed by atoms with van der Waals surface area (Å²) in [5, 5.41) is 2.41. The molecule has 0 spiro atoms. The molecule has 1 aromatic carbocycles. The molecule has 1 fully saturated rings. The number of hydrogen-bond donors (Lipinski definition) is 0. The van der Waals surface area contributed by atoms with Crippen LogP contribution in [0.1, 0.15) is 51.0 Å². The molecule has 1 heterocycles. The van der Waals surface area contributed by atoms with E-state index >= 15 is 0 Å². The smallest absolute Gasteiger partial charge is 0.307 e. The zero-order chi connectivity index (χ0) is 22.4. The first-order chi connectivity index (χ1) is 14.8. The Kier molecular flexibility index (Phi) is 7.83. The van der Waals surface area contributed by atoms with E-state index in [9.17, 15) is 18.0 Å². The Morgan fingerprint density at radius 3 is 2.48 bits per heavy atom. The van der Waals surface area contributed by atoms with Crippen LogP contribution in [0.25, 0.3) is 0 Å². The summed E-state index contributed by atoms with van der Waals surface area (Å²) in [5.74, 6) is -1.40. The molecule has 1 aliphatic rings. The highest BCUT2D eigenvalue weighted by Crippen LogP contribution is 2.29. The van der Waals surface area contributed by atoms with Crippen LogP contribution in [-0.4, -0.2) is 43.2 Å². The summed E-state index contributed by atoms with van der Waals surface area (Å²) in [6.45, 7) is 3.40. The average molecular weight is 465 g/mol. The quantitative estimate of drug-likeness (QED) is 0.550. The Bertz CT molecular complexity index is 981. The number of esters is 1. The van der Waals surface area contributed by atoms with Gasteiger partial charge in [-0.15, -0.1) is 11.3 Å². The zero-order valence-electron chi connectivity index (χ0n) is 17.8. The molecule has 0 saturated heterocycles. The van der Waals surface area contributed by atoms with E-state index in [0.717, 1.165) is 37.7 Å². The molecule has 1 aromatic heterocycles. The highest BCUT2D eigenvalue weighted by Gasteiger charge is 2.33. The third-order valence-corrected chi connectivity index (χ3v) is 7.92. The molecule has 0 bridgehead atoms. The van der Waals surface area contributed by atoms with E-state index in [-0.39, 0.29) is 29.0 Å². The number of aryl methyl sites for hydroxylation is 1. The highest BCUT2D eigenvalue weighted by atomic mass is 32.2. The third-order valence-electron chi connectivity index (χ3n) is 5.41. The zero-order valence-corrected chi connectivity index (χ0v) is 19.5. The van der Waals surface area contributed by atoms with Crippen molar-refractivity contribution in [1.82, 2.24) is 4.98 Å². The fourth-order valence-electron chi connectivity index (χ4n) is 3.69. The Morgan fingerprint density at radius 2 is 1.87 bits per heavy atom. The molecule has 9 heteroatoms. The molecule has 0 radical (unpaired) electrons. The molecule has 0 aliphatic heterocycles. The van der Waals surface area contributed by atoms with Gasteiger partial charge in [0, 0.05) is 17.6 Å². The van der Waals surface area contributed by atoms with Gasteiger partial charge in [0.1, 0.15) is 0 Å². The predicted octanol–water partition coefficient (Wildman–Crippen LogP) is 3.91. The van der Waals surface area contributed by atoms with Crippen molar-refractivity contribution < 1.29 is 22.7 Å². The molecule has 1 amide bonds. The van der Waals surface area contributed by atoms with E-state index in [2.05, 4.69) is 4.98 Å². The lowest BCUT2D eigenvalue weighted by Crippen LogP contribution is -2.47. The van der Waals surface area contributed by atoms with Crippen molar-refractivity contribution in [2.45, 2.75) is 69.4 Å². The minimum atomic E-state index is -3.60. The molecule has 1 unspecified atom stereocenters. The van der Waals surface area contributed by atoms with Crippen molar-refractivity contribution in [1.29, 1.82) is 0 Å². The normalized spacial score (nSPS) is 15.9. The SMILES string of the molecule is Cc1ccc(S(=O)(=O)CCC(=O)OC(C)C(=O)N(c2nccs2)C2CCCCC2)cc1. The van der Waals surface area contributed by atoms with E-state index in [1.54, 1.807) is 23.2 Å². The van der Waals surface area contributed by atoms with Gasteiger partial charge in [0.15, 0.2) is 21.1 Å². The van der Waals surface area contributed by atoms with Gasteiger partial charge in [-0.2, -0.15) is 0 Å². The molecule has 1 atom stereocenters. The van der Waals surface area contributed by atoms with Crippen molar-refractivity contribution in [2.24, 2.45) is 0 Å². The molecule has 2 aromatic rings. The lowest BCUT2D eigenvalue weighted by atomic mass is 9.94. The lowest BCUT2D eigenvalue weighted by molar-refractivity contribution is -0.153. The number of amides is 1. The van der Waals surface area contributed by atoms with Crippen LogP contribution in [0.4, 0.5) is 5.13 Å². The van der Waals surface area contributed by atoms with Crippen LogP contribution in [0, 0.1) is 6.92 Å². The van der Waals surface area contributed by atoms with Crippen LogP contribution in [0.3, 0.4) is 0 Å². The van der Waals surface area contributed by atoms with Crippen LogP contribution in [0.2, 0.25) is 0 Å². The number of thiazole rings is 1. The number of aromatic nitrogens is 1. The van der Waals surface area contributed by atoms with Crippen molar-refractivity contribution in [2.75, 3.05) is 10.7 Å². The van der Waals surface area contributed by atoms with Crippen molar-refractivity contribution in [3.63, 3.8) is 0 Å². The maximum atomic E-state index is 13.1. The predicted molar refractivity (Wildman–Crippen MR) is 120 cm³/mol. The second-order valence-electron chi connectivity index (χ2n) is 7.83. The first-order valence-corrected chi connectivity index (χ1v) is 13.0. The maximum absolute atomic E-state index is 13.1.